The van der Waals surface area contributed by atoms with Gasteiger partial charge in [0.15, 0.2) is 0 Å². The van der Waals surface area contributed by atoms with Crippen molar-refractivity contribution in [3.8, 4) is 0 Å². The second-order valence-corrected chi connectivity index (χ2v) is 4.63. The predicted octanol–water partition coefficient (Wildman–Crippen LogP) is 2.25. The maximum Gasteiger partial charge on any atom is 0.352 e. The van der Waals surface area contributed by atoms with Gasteiger partial charge >= 0.3 is 5.97 Å². The van der Waals surface area contributed by atoms with Gasteiger partial charge in [-0.3, -0.25) is 0 Å². The van der Waals surface area contributed by atoms with Gasteiger partial charge in [-0.05, 0) is 30.7 Å². The van der Waals surface area contributed by atoms with E-state index in [1.165, 1.54) is 12.2 Å². The normalized spacial score (nSPS) is 22.1. The molecular weight excluding hydrogens is 198 g/mol. The molecule has 0 radical (unpaired) electrons. The maximum atomic E-state index is 10.9. The van der Waals surface area contributed by atoms with Gasteiger partial charge in [0.25, 0.3) is 0 Å². The molecule has 0 amide bonds. The second-order valence-electron chi connectivity index (χ2n) is 3.48. The van der Waals surface area contributed by atoms with Crippen LogP contribution in [-0.4, -0.2) is 27.1 Å². The molecule has 0 aromatic carbocycles. The minimum atomic E-state index is -0.828. The number of hydrogen-bond donors (Lipinski definition) is 1. The first-order valence-electron chi connectivity index (χ1n) is 4.77. The lowest BCUT2D eigenvalue weighted by Crippen LogP contribution is -2.19. The molecule has 3 nitrogen and oxygen atoms in total. The van der Waals surface area contributed by atoms with E-state index >= 15 is 0 Å². The van der Waals surface area contributed by atoms with E-state index in [0.717, 1.165) is 12.2 Å². The summed E-state index contributed by atoms with van der Waals surface area (Å²) in [7, 11) is 0. The van der Waals surface area contributed by atoms with Crippen LogP contribution in [0.25, 0.3) is 0 Å². The van der Waals surface area contributed by atoms with E-state index in [0.29, 0.717) is 11.7 Å². The Morgan fingerprint density at radius 1 is 1.64 bits per heavy atom. The van der Waals surface area contributed by atoms with Crippen LogP contribution in [0.3, 0.4) is 0 Å². The molecule has 0 aliphatic carbocycles. The Hall–Kier alpha value is -0.900. The number of hydrogen-bond acceptors (Lipinski definition) is 2. The number of thioether (sulfide) groups is 1. The van der Waals surface area contributed by atoms with Crippen LogP contribution in [0.1, 0.15) is 29.4 Å². The molecule has 0 saturated carbocycles. The molecule has 4 heteroatoms. The third kappa shape index (κ3) is 1.80. The van der Waals surface area contributed by atoms with Gasteiger partial charge in [0, 0.05) is 18.0 Å². The average molecular weight is 211 g/mol. The molecule has 76 valence electrons. The molecule has 1 aliphatic heterocycles. The zero-order valence-electron chi connectivity index (χ0n) is 7.85. The monoisotopic (exact) mass is 211 g/mol. The summed E-state index contributed by atoms with van der Waals surface area (Å²) in [5, 5.41) is 8.96. The Morgan fingerprint density at radius 3 is 3.14 bits per heavy atom. The van der Waals surface area contributed by atoms with Crippen LogP contribution in [0, 0.1) is 0 Å². The molecule has 1 N–H and O–H groups in total. The number of rotatable bonds is 2. The largest absolute Gasteiger partial charge is 0.477 e. The zero-order chi connectivity index (χ0) is 9.97. The quantitative estimate of drug-likeness (QED) is 0.815. The summed E-state index contributed by atoms with van der Waals surface area (Å²) >= 11 is 1.91. The summed E-state index contributed by atoms with van der Waals surface area (Å²) in [5.74, 6) is 1.42. The van der Waals surface area contributed by atoms with Gasteiger partial charge in [-0.2, -0.15) is 11.8 Å². The van der Waals surface area contributed by atoms with Crippen molar-refractivity contribution in [1.82, 2.24) is 4.57 Å². The average Bonchev–Trinajstić information content (AvgIpc) is 2.67. The van der Waals surface area contributed by atoms with Crippen LogP contribution >= 0.6 is 11.8 Å². The molecule has 2 heterocycles. The minimum Gasteiger partial charge on any atom is -0.477 e. The van der Waals surface area contributed by atoms with Crippen molar-refractivity contribution in [3.63, 3.8) is 0 Å². The molecule has 1 aliphatic rings. The lowest BCUT2D eigenvalue weighted by Gasteiger charge is -2.24. The molecule has 2 rings (SSSR count). The summed E-state index contributed by atoms with van der Waals surface area (Å²) in [6.07, 6.45) is 4.16. The SMILES string of the molecule is O=C(O)c1cccn1C1CCCSC1. The lowest BCUT2D eigenvalue weighted by molar-refractivity contribution is 0.0683. The molecule has 0 bridgehead atoms. The van der Waals surface area contributed by atoms with E-state index in [2.05, 4.69) is 0 Å². The molecule has 14 heavy (non-hydrogen) atoms. The van der Waals surface area contributed by atoms with Crippen LogP contribution in [0.4, 0.5) is 0 Å². The van der Waals surface area contributed by atoms with Crippen molar-refractivity contribution in [3.05, 3.63) is 24.0 Å². The summed E-state index contributed by atoms with van der Waals surface area (Å²) in [5.41, 5.74) is 0.414. The Labute approximate surface area is 87.1 Å². The Bertz CT molecular complexity index is 329. The molecule has 0 spiro atoms. The van der Waals surface area contributed by atoms with Crippen LogP contribution in [0.5, 0.6) is 0 Å². The van der Waals surface area contributed by atoms with Crippen LogP contribution in [0.15, 0.2) is 18.3 Å². The van der Waals surface area contributed by atoms with Crippen molar-refractivity contribution < 1.29 is 9.90 Å². The highest BCUT2D eigenvalue weighted by Crippen LogP contribution is 2.27. The van der Waals surface area contributed by atoms with Crippen molar-refractivity contribution in [2.45, 2.75) is 18.9 Å². The van der Waals surface area contributed by atoms with E-state index < -0.39 is 5.97 Å². The number of carboxylic acids is 1. The smallest absolute Gasteiger partial charge is 0.352 e. The Balaban J connectivity index is 2.21. The number of carboxylic acid groups (broad SMARTS) is 1. The zero-order valence-corrected chi connectivity index (χ0v) is 8.67. The minimum absolute atomic E-state index is 0.370. The Kier molecular flexibility index (Phi) is 2.82. The maximum absolute atomic E-state index is 10.9. The van der Waals surface area contributed by atoms with E-state index in [1.807, 2.05) is 28.6 Å². The van der Waals surface area contributed by atoms with Gasteiger partial charge in [-0.15, -0.1) is 0 Å². The lowest BCUT2D eigenvalue weighted by atomic mass is 10.2. The summed E-state index contributed by atoms with van der Waals surface area (Å²) in [4.78, 5) is 10.9. The first-order valence-corrected chi connectivity index (χ1v) is 5.92. The molecule has 1 aromatic heterocycles. The number of aromatic carboxylic acids is 1. The standard InChI is InChI=1S/C10H13NO2S/c12-10(13)9-4-1-5-11(9)8-3-2-6-14-7-8/h1,4-5,8H,2-3,6-7H2,(H,12,13). The molecular formula is C10H13NO2S. The first kappa shape index (κ1) is 9.65. The van der Waals surface area contributed by atoms with Gasteiger partial charge in [0.05, 0.1) is 0 Å². The van der Waals surface area contributed by atoms with E-state index in [4.69, 9.17) is 5.11 Å². The Morgan fingerprint density at radius 2 is 2.50 bits per heavy atom. The van der Waals surface area contributed by atoms with E-state index in [1.54, 1.807) is 6.07 Å². The third-order valence-corrected chi connectivity index (χ3v) is 3.73. The summed E-state index contributed by atoms with van der Waals surface area (Å²) in [6, 6.07) is 3.85. The van der Waals surface area contributed by atoms with E-state index in [-0.39, 0.29) is 0 Å². The van der Waals surface area contributed by atoms with Gasteiger partial charge < -0.3 is 9.67 Å². The predicted molar refractivity (Wildman–Crippen MR) is 57.0 cm³/mol. The fraction of sp³-hybridized carbons (Fsp3) is 0.500. The number of carbonyl (C=O) groups is 1. The topological polar surface area (TPSA) is 42.2 Å². The highest BCUT2D eigenvalue weighted by atomic mass is 32.2. The van der Waals surface area contributed by atoms with Gasteiger partial charge in [0.1, 0.15) is 5.69 Å². The van der Waals surface area contributed by atoms with Crippen molar-refractivity contribution in [1.29, 1.82) is 0 Å². The molecule has 1 atom stereocenters. The van der Waals surface area contributed by atoms with Gasteiger partial charge in [-0.1, -0.05) is 0 Å². The first-order chi connectivity index (χ1) is 6.79. The fourth-order valence-corrected chi connectivity index (χ4v) is 2.97. The van der Waals surface area contributed by atoms with Crippen LogP contribution in [0.2, 0.25) is 0 Å². The van der Waals surface area contributed by atoms with Gasteiger partial charge in [-0.25, -0.2) is 4.79 Å². The highest BCUT2D eigenvalue weighted by Gasteiger charge is 2.19. The molecule has 1 fully saturated rings. The molecule has 1 unspecified atom stereocenters. The van der Waals surface area contributed by atoms with Crippen molar-refractivity contribution in [2.75, 3.05) is 11.5 Å². The molecule has 1 aromatic rings. The number of nitrogens with zero attached hydrogens (tertiary/aromatic N) is 1. The summed E-state index contributed by atoms with van der Waals surface area (Å²) in [6.45, 7) is 0. The summed E-state index contributed by atoms with van der Waals surface area (Å²) < 4.78 is 1.90. The van der Waals surface area contributed by atoms with Crippen molar-refractivity contribution in [2.24, 2.45) is 0 Å². The fourth-order valence-electron chi connectivity index (χ4n) is 1.84. The van der Waals surface area contributed by atoms with Crippen LogP contribution in [-0.2, 0) is 0 Å². The van der Waals surface area contributed by atoms with Crippen LogP contribution < -0.4 is 0 Å². The van der Waals surface area contributed by atoms with Crippen molar-refractivity contribution >= 4 is 17.7 Å². The van der Waals surface area contributed by atoms with Gasteiger partial charge in [0.2, 0.25) is 0 Å². The second kappa shape index (κ2) is 4.09. The number of aromatic nitrogens is 1. The van der Waals surface area contributed by atoms with E-state index in [9.17, 15) is 4.79 Å². The highest BCUT2D eigenvalue weighted by molar-refractivity contribution is 7.99. The molecule has 1 saturated heterocycles. The third-order valence-electron chi connectivity index (χ3n) is 2.53.